The van der Waals surface area contributed by atoms with E-state index in [1.54, 1.807) is 16.7 Å². The highest BCUT2D eigenvalue weighted by Crippen LogP contribution is 2.26. The molecule has 2 heterocycles. The number of nitrogens with one attached hydrogen (secondary N) is 1. The Hall–Kier alpha value is -2.51. The van der Waals surface area contributed by atoms with Crippen LogP contribution in [0, 0.1) is 6.92 Å². The third kappa shape index (κ3) is 4.17. The van der Waals surface area contributed by atoms with E-state index in [1.807, 2.05) is 48.9 Å². The van der Waals surface area contributed by atoms with Crippen molar-refractivity contribution in [1.82, 2.24) is 4.98 Å². The van der Waals surface area contributed by atoms with Crippen LogP contribution in [-0.4, -0.2) is 23.5 Å². The SMILES string of the molecule is CCc1cccc(C)c1NC(=O)COC(=O)c1csc(-c2ccsc2)n1. The fourth-order valence-electron chi connectivity index (χ4n) is 2.47. The molecule has 1 aromatic carbocycles. The lowest BCUT2D eigenvalue weighted by Gasteiger charge is -2.12. The van der Waals surface area contributed by atoms with Gasteiger partial charge in [-0.1, -0.05) is 25.1 Å². The van der Waals surface area contributed by atoms with Crippen LogP contribution in [0.2, 0.25) is 0 Å². The molecule has 5 nitrogen and oxygen atoms in total. The van der Waals surface area contributed by atoms with Crippen molar-refractivity contribution in [2.75, 3.05) is 11.9 Å². The Morgan fingerprint density at radius 1 is 1.23 bits per heavy atom. The molecule has 0 unspecified atom stereocenters. The highest BCUT2D eigenvalue weighted by molar-refractivity contribution is 7.14. The number of amides is 1. The molecule has 0 saturated carbocycles. The highest BCUT2D eigenvalue weighted by Gasteiger charge is 2.16. The number of thiophene rings is 1. The van der Waals surface area contributed by atoms with Gasteiger partial charge in [-0.2, -0.15) is 11.3 Å². The maximum Gasteiger partial charge on any atom is 0.358 e. The highest BCUT2D eigenvalue weighted by atomic mass is 32.1. The van der Waals surface area contributed by atoms with E-state index in [9.17, 15) is 9.59 Å². The number of anilines is 1. The zero-order valence-electron chi connectivity index (χ0n) is 14.4. The maximum atomic E-state index is 12.2. The molecular weight excluding hydrogens is 368 g/mol. The summed E-state index contributed by atoms with van der Waals surface area (Å²) < 4.78 is 5.10. The van der Waals surface area contributed by atoms with Crippen LogP contribution in [-0.2, 0) is 16.0 Å². The summed E-state index contributed by atoms with van der Waals surface area (Å²) in [5, 5.41) is 9.15. The van der Waals surface area contributed by atoms with Gasteiger partial charge in [0.2, 0.25) is 0 Å². The first-order valence-corrected chi connectivity index (χ1v) is 9.94. The van der Waals surface area contributed by atoms with Gasteiger partial charge in [-0.3, -0.25) is 4.79 Å². The van der Waals surface area contributed by atoms with Crippen molar-refractivity contribution in [3.8, 4) is 10.6 Å². The Labute approximate surface area is 159 Å². The van der Waals surface area contributed by atoms with E-state index in [0.29, 0.717) is 0 Å². The van der Waals surface area contributed by atoms with Crippen LogP contribution in [0.3, 0.4) is 0 Å². The molecule has 1 N–H and O–H groups in total. The molecule has 0 saturated heterocycles. The number of ether oxygens (including phenoxy) is 1. The van der Waals surface area contributed by atoms with Crippen molar-refractivity contribution < 1.29 is 14.3 Å². The van der Waals surface area contributed by atoms with E-state index < -0.39 is 5.97 Å². The van der Waals surface area contributed by atoms with Gasteiger partial charge in [-0.25, -0.2) is 9.78 Å². The zero-order chi connectivity index (χ0) is 18.5. The standard InChI is InChI=1S/C19H18N2O3S2/c1-3-13-6-4-5-12(2)17(13)21-16(22)9-24-19(23)15-11-26-18(20-15)14-7-8-25-10-14/h4-8,10-11H,3,9H2,1-2H3,(H,21,22). The van der Waals surface area contributed by atoms with Crippen molar-refractivity contribution in [3.63, 3.8) is 0 Å². The van der Waals surface area contributed by atoms with Crippen LogP contribution >= 0.6 is 22.7 Å². The van der Waals surface area contributed by atoms with Crippen molar-refractivity contribution in [1.29, 1.82) is 0 Å². The summed E-state index contributed by atoms with van der Waals surface area (Å²) in [6.45, 7) is 3.61. The van der Waals surface area contributed by atoms with E-state index in [2.05, 4.69) is 10.3 Å². The van der Waals surface area contributed by atoms with E-state index in [4.69, 9.17) is 4.74 Å². The predicted octanol–water partition coefficient (Wildman–Crippen LogP) is 4.54. The number of para-hydroxylation sites is 1. The number of aromatic nitrogens is 1. The minimum Gasteiger partial charge on any atom is -0.451 e. The Morgan fingerprint density at radius 2 is 2.08 bits per heavy atom. The van der Waals surface area contributed by atoms with Gasteiger partial charge < -0.3 is 10.1 Å². The molecule has 7 heteroatoms. The summed E-state index contributed by atoms with van der Waals surface area (Å²) in [6, 6.07) is 7.80. The lowest BCUT2D eigenvalue weighted by molar-refractivity contribution is -0.119. The van der Waals surface area contributed by atoms with Crippen LogP contribution in [0.15, 0.2) is 40.4 Å². The average Bonchev–Trinajstić information content (AvgIpc) is 3.32. The number of nitrogens with zero attached hydrogens (tertiary/aromatic N) is 1. The Balaban J connectivity index is 1.59. The summed E-state index contributed by atoms with van der Waals surface area (Å²) in [5.74, 6) is -0.964. The van der Waals surface area contributed by atoms with Crippen LogP contribution in [0.25, 0.3) is 10.6 Å². The molecule has 1 amide bonds. The van der Waals surface area contributed by atoms with E-state index >= 15 is 0 Å². The summed E-state index contributed by atoms with van der Waals surface area (Å²) in [4.78, 5) is 28.5. The third-order valence-electron chi connectivity index (χ3n) is 3.82. The molecule has 0 aliphatic carbocycles. The number of hydrogen-bond acceptors (Lipinski definition) is 6. The lowest BCUT2D eigenvalue weighted by atomic mass is 10.1. The molecule has 0 fully saturated rings. The second kappa shape index (κ2) is 8.25. The molecule has 0 aliphatic rings. The molecule has 0 spiro atoms. The molecule has 3 rings (SSSR count). The van der Waals surface area contributed by atoms with E-state index in [0.717, 1.165) is 33.8 Å². The number of benzene rings is 1. The largest absolute Gasteiger partial charge is 0.451 e. The van der Waals surface area contributed by atoms with E-state index in [-0.39, 0.29) is 18.2 Å². The minimum absolute atomic E-state index is 0.217. The Kier molecular flexibility index (Phi) is 5.80. The number of thiazole rings is 1. The smallest absolute Gasteiger partial charge is 0.358 e. The van der Waals surface area contributed by atoms with Crippen LogP contribution in [0.1, 0.15) is 28.5 Å². The monoisotopic (exact) mass is 386 g/mol. The molecule has 3 aromatic rings. The maximum absolute atomic E-state index is 12.2. The number of carbonyl (C=O) groups is 2. The molecule has 134 valence electrons. The van der Waals surface area contributed by atoms with Crippen molar-refractivity contribution >= 4 is 40.2 Å². The average molecular weight is 386 g/mol. The first kappa shape index (κ1) is 18.3. The molecule has 0 aliphatic heterocycles. The Bertz CT molecular complexity index is 917. The van der Waals surface area contributed by atoms with Crippen molar-refractivity contribution in [3.05, 3.63) is 57.2 Å². The van der Waals surface area contributed by atoms with Crippen LogP contribution < -0.4 is 5.32 Å². The quantitative estimate of drug-likeness (QED) is 0.632. The van der Waals surface area contributed by atoms with Gasteiger partial charge in [0, 0.05) is 22.0 Å². The molecule has 0 atom stereocenters. The normalized spacial score (nSPS) is 10.5. The molecule has 0 radical (unpaired) electrons. The number of hydrogen-bond donors (Lipinski definition) is 1. The van der Waals surface area contributed by atoms with Crippen molar-refractivity contribution in [2.24, 2.45) is 0 Å². The number of esters is 1. The number of carbonyl (C=O) groups excluding carboxylic acids is 2. The summed E-state index contributed by atoms with van der Waals surface area (Å²) in [5.41, 5.74) is 4.00. The van der Waals surface area contributed by atoms with E-state index in [1.165, 1.54) is 11.3 Å². The molecular formula is C19H18N2O3S2. The zero-order valence-corrected chi connectivity index (χ0v) is 16.1. The molecule has 26 heavy (non-hydrogen) atoms. The second-order valence-electron chi connectivity index (χ2n) is 5.64. The van der Waals surface area contributed by atoms with Gasteiger partial charge in [0.1, 0.15) is 5.01 Å². The molecule has 0 bridgehead atoms. The van der Waals surface area contributed by atoms with Gasteiger partial charge in [-0.05, 0) is 35.9 Å². The Morgan fingerprint density at radius 3 is 2.81 bits per heavy atom. The first-order valence-electron chi connectivity index (χ1n) is 8.12. The van der Waals surface area contributed by atoms with Crippen LogP contribution in [0.5, 0.6) is 0 Å². The minimum atomic E-state index is -0.599. The van der Waals surface area contributed by atoms with Gasteiger partial charge in [0.25, 0.3) is 5.91 Å². The van der Waals surface area contributed by atoms with Crippen LogP contribution in [0.4, 0.5) is 5.69 Å². The lowest BCUT2D eigenvalue weighted by Crippen LogP contribution is -2.22. The predicted molar refractivity (Wildman–Crippen MR) is 105 cm³/mol. The summed E-state index contributed by atoms with van der Waals surface area (Å²) in [6.07, 6.45) is 0.807. The summed E-state index contributed by atoms with van der Waals surface area (Å²) in [7, 11) is 0. The van der Waals surface area contributed by atoms with Gasteiger partial charge in [0.15, 0.2) is 12.3 Å². The van der Waals surface area contributed by atoms with Gasteiger partial charge >= 0.3 is 5.97 Å². The summed E-state index contributed by atoms with van der Waals surface area (Å²) >= 11 is 2.94. The third-order valence-corrected chi connectivity index (χ3v) is 5.39. The van der Waals surface area contributed by atoms with Gasteiger partial charge in [-0.15, -0.1) is 11.3 Å². The second-order valence-corrected chi connectivity index (χ2v) is 7.27. The fraction of sp³-hybridized carbons (Fsp3) is 0.211. The first-order chi connectivity index (χ1) is 12.6. The topological polar surface area (TPSA) is 68.3 Å². The molecule has 2 aromatic heterocycles. The fourth-order valence-corrected chi connectivity index (χ4v) is 3.97. The van der Waals surface area contributed by atoms with Gasteiger partial charge in [0.05, 0.1) is 0 Å². The van der Waals surface area contributed by atoms with Crippen molar-refractivity contribution in [2.45, 2.75) is 20.3 Å². The number of rotatable bonds is 6. The number of aryl methyl sites for hydroxylation is 2.